The van der Waals surface area contributed by atoms with Crippen LogP contribution in [-0.2, 0) is 4.79 Å². The molecule has 0 spiro atoms. The van der Waals surface area contributed by atoms with Crippen molar-refractivity contribution < 1.29 is 9.53 Å². The number of halogens is 1. The molecule has 4 rings (SSSR count). The Morgan fingerprint density at radius 3 is 2.58 bits per heavy atom. The molecule has 190 valence electrons. The number of hydrogen-bond acceptors (Lipinski definition) is 5. The van der Waals surface area contributed by atoms with Gasteiger partial charge in [-0.3, -0.25) is 4.79 Å². The third kappa shape index (κ3) is 6.37. The molecule has 1 N–H and O–H groups in total. The molecule has 1 aliphatic heterocycles. The Morgan fingerprint density at radius 1 is 1.17 bits per heavy atom. The Bertz CT molecular complexity index is 1260. The quantitative estimate of drug-likeness (QED) is 0.388. The van der Waals surface area contributed by atoms with Gasteiger partial charge in [0.05, 0.1) is 16.6 Å². The number of ether oxygens (including phenoxy) is 1. The summed E-state index contributed by atoms with van der Waals surface area (Å²) in [5, 5.41) is 4.51. The summed E-state index contributed by atoms with van der Waals surface area (Å²) in [6, 6.07) is 14.1. The van der Waals surface area contributed by atoms with E-state index in [0.717, 1.165) is 59.5 Å². The summed E-state index contributed by atoms with van der Waals surface area (Å²) in [5.41, 5.74) is 3.56. The maximum atomic E-state index is 12.6. The first-order valence-electron chi connectivity index (χ1n) is 12.5. The zero-order chi connectivity index (χ0) is 25.8. The van der Waals surface area contributed by atoms with E-state index in [0.29, 0.717) is 16.8 Å². The number of nitrogens with one attached hydrogen (secondary N) is 1. The fourth-order valence-corrected chi connectivity index (χ4v) is 4.80. The van der Waals surface area contributed by atoms with Gasteiger partial charge in [0.15, 0.2) is 0 Å². The number of piperidine rings is 1. The number of fused-ring (bicyclic) bond motifs is 1. The first-order valence-corrected chi connectivity index (χ1v) is 12.9. The van der Waals surface area contributed by atoms with Gasteiger partial charge in [0.2, 0.25) is 5.91 Å². The molecule has 0 atom stereocenters. The average Bonchev–Trinajstić information content (AvgIpc) is 2.83. The Morgan fingerprint density at radius 2 is 1.92 bits per heavy atom. The highest BCUT2D eigenvalue weighted by Gasteiger charge is 2.22. The van der Waals surface area contributed by atoms with Gasteiger partial charge < -0.3 is 19.9 Å². The van der Waals surface area contributed by atoms with Crippen molar-refractivity contribution in [2.24, 2.45) is 0 Å². The number of nitrogens with zero attached hydrogens (tertiary/aromatic N) is 3. The van der Waals surface area contributed by atoms with Crippen molar-refractivity contribution in [3.05, 3.63) is 64.7 Å². The summed E-state index contributed by atoms with van der Waals surface area (Å²) in [7, 11) is 4.31. The highest BCUT2D eigenvalue weighted by molar-refractivity contribution is 6.32. The molecule has 0 aliphatic carbocycles. The highest BCUT2D eigenvalue weighted by Crippen LogP contribution is 2.28. The van der Waals surface area contributed by atoms with Gasteiger partial charge in [-0.2, -0.15) is 0 Å². The van der Waals surface area contributed by atoms with Crippen LogP contribution in [-0.4, -0.2) is 55.1 Å². The van der Waals surface area contributed by atoms with E-state index in [2.05, 4.69) is 42.2 Å². The van der Waals surface area contributed by atoms with Gasteiger partial charge in [-0.1, -0.05) is 11.6 Å². The molecule has 1 aromatic heterocycles. The van der Waals surface area contributed by atoms with Gasteiger partial charge in [-0.25, -0.2) is 4.98 Å². The van der Waals surface area contributed by atoms with Crippen molar-refractivity contribution in [3.63, 3.8) is 0 Å². The molecule has 1 saturated heterocycles. The van der Waals surface area contributed by atoms with Crippen molar-refractivity contribution in [1.82, 2.24) is 9.88 Å². The summed E-state index contributed by atoms with van der Waals surface area (Å²) < 4.78 is 5.66. The van der Waals surface area contributed by atoms with Crippen LogP contribution in [0.25, 0.3) is 17.0 Å². The van der Waals surface area contributed by atoms with Crippen LogP contribution in [0.3, 0.4) is 0 Å². The van der Waals surface area contributed by atoms with Gasteiger partial charge in [0.25, 0.3) is 0 Å². The summed E-state index contributed by atoms with van der Waals surface area (Å²) in [6.45, 7) is 8.05. The van der Waals surface area contributed by atoms with E-state index in [-0.39, 0.29) is 12.0 Å². The van der Waals surface area contributed by atoms with Gasteiger partial charge in [-0.15, -0.1) is 0 Å². The predicted molar refractivity (Wildman–Crippen MR) is 150 cm³/mol. The van der Waals surface area contributed by atoms with Gasteiger partial charge in [0, 0.05) is 36.3 Å². The van der Waals surface area contributed by atoms with E-state index >= 15 is 0 Å². The second kappa shape index (κ2) is 11.3. The second-order valence-corrected chi connectivity index (χ2v) is 10.3. The van der Waals surface area contributed by atoms with E-state index in [1.165, 1.54) is 6.08 Å². The van der Waals surface area contributed by atoms with Crippen molar-refractivity contribution >= 4 is 46.0 Å². The standard InChI is InChI=1S/C29H35ClN4O2/c1-19(2)36-24-9-6-21(26(30)18-24)7-11-29(35)31-22-8-10-27-25(17-22)20(3)16-28(32-27)34-14-12-23(13-15-34)33(4)5/h6-11,16-19,23H,12-15H2,1-5H3,(H,31,35). The van der Waals surface area contributed by atoms with E-state index in [4.69, 9.17) is 21.3 Å². The lowest BCUT2D eigenvalue weighted by Crippen LogP contribution is -2.42. The van der Waals surface area contributed by atoms with Crippen molar-refractivity contribution in [1.29, 1.82) is 0 Å². The average molecular weight is 507 g/mol. The zero-order valence-electron chi connectivity index (χ0n) is 21.7. The smallest absolute Gasteiger partial charge is 0.248 e. The van der Waals surface area contributed by atoms with Crippen LogP contribution in [0, 0.1) is 6.92 Å². The lowest BCUT2D eigenvalue weighted by molar-refractivity contribution is -0.111. The maximum Gasteiger partial charge on any atom is 0.248 e. The molecule has 1 fully saturated rings. The molecule has 1 aliphatic rings. The number of carbonyl (C=O) groups excluding carboxylic acids is 1. The topological polar surface area (TPSA) is 57.7 Å². The minimum Gasteiger partial charge on any atom is -0.491 e. The van der Waals surface area contributed by atoms with Crippen molar-refractivity contribution in [3.8, 4) is 5.75 Å². The Kier molecular flexibility index (Phi) is 8.17. The van der Waals surface area contributed by atoms with Crippen LogP contribution >= 0.6 is 11.6 Å². The molecule has 1 amide bonds. The number of anilines is 2. The lowest BCUT2D eigenvalue weighted by atomic mass is 10.0. The molecule has 2 heterocycles. The molecule has 6 nitrogen and oxygen atoms in total. The lowest BCUT2D eigenvalue weighted by Gasteiger charge is -2.36. The molecule has 36 heavy (non-hydrogen) atoms. The molecule has 7 heteroatoms. The number of hydrogen-bond donors (Lipinski definition) is 1. The number of aromatic nitrogens is 1. The monoisotopic (exact) mass is 506 g/mol. The number of pyridine rings is 1. The third-order valence-electron chi connectivity index (χ3n) is 6.55. The summed E-state index contributed by atoms with van der Waals surface area (Å²) in [5.74, 6) is 1.51. The van der Waals surface area contributed by atoms with Gasteiger partial charge in [0.1, 0.15) is 11.6 Å². The summed E-state index contributed by atoms with van der Waals surface area (Å²) >= 11 is 6.35. The molecule has 2 aromatic carbocycles. The largest absolute Gasteiger partial charge is 0.491 e. The molecule has 0 saturated carbocycles. The molecule has 0 bridgehead atoms. The van der Waals surface area contributed by atoms with Crippen molar-refractivity contribution in [2.75, 3.05) is 37.4 Å². The van der Waals surface area contributed by atoms with Crippen molar-refractivity contribution in [2.45, 2.75) is 45.8 Å². The number of benzene rings is 2. The number of aryl methyl sites for hydroxylation is 1. The van der Waals surface area contributed by atoms with Gasteiger partial charge >= 0.3 is 0 Å². The van der Waals surface area contributed by atoms with Crippen LogP contribution in [0.4, 0.5) is 11.5 Å². The van der Waals surface area contributed by atoms with Gasteiger partial charge in [-0.05, 0) is 107 Å². The molecule has 3 aromatic rings. The maximum absolute atomic E-state index is 12.6. The van der Waals surface area contributed by atoms with Crippen LogP contribution < -0.4 is 15.0 Å². The fraction of sp³-hybridized carbons (Fsp3) is 0.379. The fourth-order valence-electron chi connectivity index (χ4n) is 4.57. The SMILES string of the molecule is Cc1cc(N2CCC(N(C)C)CC2)nc2ccc(NC(=O)C=Cc3ccc(OC(C)C)cc3Cl)cc12. The Hall–Kier alpha value is -3.09. The van der Waals surface area contributed by atoms with Crippen LogP contribution in [0.1, 0.15) is 37.8 Å². The molecular formula is C29H35ClN4O2. The summed E-state index contributed by atoms with van der Waals surface area (Å²) in [4.78, 5) is 22.2. The van der Waals surface area contributed by atoms with E-state index < -0.39 is 0 Å². The Balaban J connectivity index is 1.43. The molecule has 0 radical (unpaired) electrons. The molecular weight excluding hydrogens is 472 g/mol. The molecule has 0 unspecified atom stereocenters. The van der Waals surface area contributed by atoms with Crippen LogP contribution in [0.2, 0.25) is 5.02 Å². The minimum atomic E-state index is -0.223. The normalized spacial score (nSPS) is 14.8. The first-order chi connectivity index (χ1) is 17.2. The number of carbonyl (C=O) groups is 1. The minimum absolute atomic E-state index is 0.0706. The van der Waals surface area contributed by atoms with E-state index in [9.17, 15) is 4.79 Å². The number of amides is 1. The highest BCUT2D eigenvalue weighted by atomic mass is 35.5. The van der Waals surface area contributed by atoms with Crippen LogP contribution in [0.15, 0.2) is 48.5 Å². The second-order valence-electron chi connectivity index (χ2n) is 9.88. The van der Waals surface area contributed by atoms with E-state index in [1.807, 2.05) is 44.2 Å². The summed E-state index contributed by atoms with van der Waals surface area (Å²) in [6.07, 6.45) is 5.55. The van der Waals surface area contributed by atoms with Crippen LogP contribution in [0.5, 0.6) is 5.75 Å². The predicted octanol–water partition coefficient (Wildman–Crippen LogP) is 6.17. The first kappa shape index (κ1) is 26.0. The Labute approximate surface area is 218 Å². The zero-order valence-corrected chi connectivity index (χ0v) is 22.5. The van der Waals surface area contributed by atoms with E-state index in [1.54, 1.807) is 12.1 Å². The third-order valence-corrected chi connectivity index (χ3v) is 6.87. The number of rotatable bonds is 7.